The Balaban J connectivity index is 2.02. The number of amides is 1. The summed E-state index contributed by atoms with van der Waals surface area (Å²) < 4.78 is 5.27. The van der Waals surface area contributed by atoms with Gasteiger partial charge in [0.2, 0.25) is 0 Å². The molecule has 1 aliphatic rings. The van der Waals surface area contributed by atoms with Crippen LogP contribution in [0.1, 0.15) is 19.4 Å². The van der Waals surface area contributed by atoms with Gasteiger partial charge in [-0.2, -0.15) is 0 Å². The van der Waals surface area contributed by atoms with E-state index in [-0.39, 0.29) is 12.2 Å². The summed E-state index contributed by atoms with van der Waals surface area (Å²) in [6.45, 7) is 5.46. The Kier molecular flexibility index (Phi) is 3.13. The molecule has 86 valence electrons. The van der Waals surface area contributed by atoms with E-state index < -0.39 is 0 Å². The molecule has 3 nitrogen and oxygen atoms in total. The van der Waals surface area contributed by atoms with Crippen molar-refractivity contribution in [3.63, 3.8) is 0 Å². The van der Waals surface area contributed by atoms with Gasteiger partial charge in [0.25, 0.3) is 0 Å². The van der Waals surface area contributed by atoms with Gasteiger partial charge in [-0.15, -0.1) is 0 Å². The molecular weight excluding hydrogens is 202 g/mol. The fraction of sp³-hybridized carbons (Fsp3) is 0.462. The molecule has 0 unspecified atom stereocenters. The van der Waals surface area contributed by atoms with Gasteiger partial charge in [0.15, 0.2) is 0 Å². The molecule has 1 amide bonds. The first-order chi connectivity index (χ1) is 7.66. The van der Waals surface area contributed by atoms with Crippen LogP contribution in [0.4, 0.5) is 4.79 Å². The number of carbonyl (C=O) groups excluding carboxylic acids is 1. The average Bonchev–Trinajstić information content (AvgIpc) is 2.27. The van der Waals surface area contributed by atoms with Crippen LogP contribution in [0.25, 0.3) is 0 Å². The number of cyclic esters (lactones) is 1. The summed E-state index contributed by atoms with van der Waals surface area (Å²) in [6.07, 6.45) is -0.172. The zero-order valence-electron chi connectivity index (χ0n) is 9.72. The van der Waals surface area contributed by atoms with E-state index in [1.165, 1.54) is 0 Å². The molecule has 2 atom stereocenters. The first-order valence-corrected chi connectivity index (χ1v) is 5.66. The highest BCUT2D eigenvalue weighted by molar-refractivity contribution is 5.68. The SMILES string of the molecule is C[C@H]1CN(Cc2ccccc2)C(=O)O[C@@H]1C. The third-order valence-corrected chi connectivity index (χ3v) is 3.07. The fourth-order valence-electron chi connectivity index (χ4n) is 1.85. The Bertz CT molecular complexity index is 363. The van der Waals surface area contributed by atoms with Crippen molar-refractivity contribution < 1.29 is 9.53 Å². The highest BCUT2D eigenvalue weighted by Gasteiger charge is 2.29. The van der Waals surface area contributed by atoms with Crippen molar-refractivity contribution in [3.05, 3.63) is 35.9 Å². The summed E-state index contributed by atoms with van der Waals surface area (Å²) in [7, 11) is 0. The second-order valence-corrected chi connectivity index (χ2v) is 4.43. The van der Waals surface area contributed by atoms with Crippen LogP contribution in [-0.2, 0) is 11.3 Å². The van der Waals surface area contributed by atoms with Crippen LogP contribution in [0.3, 0.4) is 0 Å². The van der Waals surface area contributed by atoms with E-state index in [1.807, 2.05) is 37.3 Å². The van der Waals surface area contributed by atoms with Crippen LogP contribution < -0.4 is 0 Å². The average molecular weight is 219 g/mol. The summed E-state index contributed by atoms with van der Waals surface area (Å²) >= 11 is 0. The highest BCUT2D eigenvalue weighted by atomic mass is 16.6. The number of hydrogen-bond donors (Lipinski definition) is 0. The van der Waals surface area contributed by atoms with Gasteiger partial charge < -0.3 is 9.64 Å². The maximum Gasteiger partial charge on any atom is 0.410 e. The van der Waals surface area contributed by atoms with Gasteiger partial charge in [0.1, 0.15) is 6.10 Å². The zero-order chi connectivity index (χ0) is 11.5. The maximum atomic E-state index is 11.7. The Labute approximate surface area is 96.0 Å². The molecule has 1 aromatic rings. The molecule has 0 spiro atoms. The standard InChI is InChI=1S/C13H17NO2/c1-10-8-14(13(15)16-11(10)2)9-12-6-4-3-5-7-12/h3-7,10-11H,8-9H2,1-2H3/t10-,11+/m0/s1. The summed E-state index contributed by atoms with van der Waals surface area (Å²) in [5.41, 5.74) is 1.14. The number of benzene rings is 1. The molecule has 0 radical (unpaired) electrons. The summed E-state index contributed by atoms with van der Waals surface area (Å²) in [4.78, 5) is 13.4. The smallest absolute Gasteiger partial charge is 0.410 e. The topological polar surface area (TPSA) is 29.5 Å². The van der Waals surface area contributed by atoms with E-state index in [0.717, 1.165) is 12.1 Å². The molecule has 16 heavy (non-hydrogen) atoms. The molecule has 1 aromatic carbocycles. The van der Waals surface area contributed by atoms with Crippen molar-refractivity contribution in [2.45, 2.75) is 26.5 Å². The number of carbonyl (C=O) groups is 1. The molecule has 0 saturated carbocycles. The quantitative estimate of drug-likeness (QED) is 0.765. The second-order valence-electron chi connectivity index (χ2n) is 4.43. The van der Waals surface area contributed by atoms with Crippen LogP contribution in [0.5, 0.6) is 0 Å². The summed E-state index contributed by atoms with van der Waals surface area (Å²) in [5.74, 6) is 0.390. The minimum Gasteiger partial charge on any atom is -0.446 e. The van der Waals surface area contributed by atoms with E-state index in [4.69, 9.17) is 4.74 Å². The van der Waals surface area contributed by atoms with E-state index in [0.29, 0.717) is 12.5 Å². The molecule has 0 bridgehead atoms. The molecule has 0 aromatic heterocycles. The third kappa shape index (κ3) is 2.35. The van der Waals surface area contributed by atoms with Crippen LogP contribution in [0.2, 0.25) is 0 Å². The molecule has 0 N–H and O–H groups in total. The molecule has 2 rings (SSSR count). The molecule has 0 aliphatic carbocycles. The predicted octanol–water partition coefficient (Wildman–Crippen LogP) is 2.66. The first-order valence-electron chi connectivity index (χ1n) is 5.66. The van der Waals surface area contributed by atoms with E-state index >= 15 is 0 Å². The second kappa shape index (κ2) is 4.56. The van der Waals surface area contributed by atoms with Crippen LogP contribution in [0.15, 0.2) is 30.3 Å². The Morgan fingerprint density at radius 3 is 2.69 bits per heavy atom. The lowest BCUT2D eigenvalue weighted by atomic mass is 10.0. The molecule has 1 fully saturated rings. The number of hydrogen-bond acceptors (Lipinski definition) is 2. The van der Waals surface area contributed by atoms with Gasteiger partial charge in [0.05, 0.1) is 0 Å². The van der Waals surface area contributed by atoms with Crippen molar-refractivity contribution in [1.82, 2.24) is 4.90 Å². The highest BCUT2D eigenvalue weighted by Crippen LogP contribution is 2.19. The summed E-state index contributed by atoms with van der Waals surface area (Å²) in [6, 6.07) is 9.99. The third-order valence-electron chi connectivity index (χ3n) is 3.07. The molecule has 3 heteroatoms. The number of rotatable bonds is 2. The largest absolute Gasteiger partial charge is 0.446 e. The minimum absolute atomic E-state index is 0.0273. The van der Waals surface area contributed by atoms with Gasteiger partial charge in [-0.05, 0) is 12.5 Å². The number of ether oxygens (including phenoxy) is 1. The van der Waals surface area contributed by atoms with Crippen LogP contribution in [-0.4, -0.2) is 23.6 Å². The molecule has 1 aliphatic heterocycles. The van der Waals surface area contributed by atoms with Crippen LogP contribution >= 0.6 is 0 Å². The summed E-state index contributed by atoms with van der Waals surface area (Å²) in [5, 5.41) is 0. The first kappa shape index (κ1) is 11.0. The lowest BCUT2D eigenvalue weighted by Gasteiger charge is -2.34. The minimum atomic E-state index is -0.200. The maximum absolute atomic E-state index is 11.7. The van der Waals surface area contributed by atoms with Crippen molar-refractivity contribution in [2.24, 2.45) is 5.92 Å². The predicted molar refractivity (Wildman–Crippen MR) is 62.0 cm³/mol. The van der Waals surface area contributed by atoms with Crippen molar-refractivity contribution in [1.29, 1.82) is 0 Å². The molecule has 1 heterocycles. The van der Waals surface area contributed by atoms with Gasteiger partial charge in [-0.3, -0.25) is 0 Å². The monoisotopic (exact) mass is 219 g/mol. The molecule has 1 saturated heterocycles. The number of nitrogens with zero attached hydrogens (tertiary/aromatic N) is 1. The lowest BCUT2D eigenvalue weighted by Crippen LogP contribution is -2.45. The van der Waals surface area contributed by atoms with Gasteiger partial charge in [-0.1, -0.05) is 37.3 Å². The van der Waals surface area contributed by atoms with Crippen molar-refractivity contribution in [3.8, 4) is 0 Å². The fourth-order valence-corrected chi connectivity index (χ4v) is 1.85. The Morgan fingerprint density at radius 2 is 2.00 bits per heavy atom. The van der Waals surface area contributed by atoms with Crippen LogP contribution in [0, 0.1) is 5.92 Å². The van der Waals surface area contributed by atoms with Gasteiger partial charge >= 0.3 is 6.09 Å². The Hall–Kier alpha value is -1.51. The zero-order valence-corrected chi connectivity index (χ0v) is 9.72. The van der Waals surface area contributed by atoms with E-state index in [9.17, 15) is 4.79 Å². The van der Waals surface area contributed by atoms with Crippen molar-refractivity contribution >= 4 is 6.09 Å². The van der Waals surface area contributed by atoms with Crippen molar-refractivity contribution in [2.75, 3.05) is 6.54 Å². The van der Waals surface area contributed by atoms with Gasteiger partial charge in [-0.25, -0.2) is 4.79 Å². The molecular formula is C13H17NO2. The normalized spacial score (nSPS) is 25.4. The Morgan fingerprint density at radius 1 is 1.31 bits per heavy atom. The lowest BCUT2D eigenvalue weighted by molar-refractivity contribution is 0.0000363. The van der Waals surface area contributed by atoms with Gasteiger partial charge in [0, 0.05) is 19.0 Å². The van der Waals surface area contributed by atoms with E-state index in [1.54, 1.807) is 4.90 Å². The van der Waals surface area contributed by atoms with E-state index in [2.05, 4.69) is 6.92 Å².